The van der Waals surface area contributed by atoms with Gasteiger partial charge in [-0.2, -0.15) is 9.12 Å². The van der Waals surface area contributed by atoms with Crippen molar-refractivity contribution in [3.8, 4) is 0 Å². The smallest absolute Gasteiger partial charge is 0 e. The Morgan fingerprint density at radius 3 is 1.21 bits per heavy atom. The van der Waals surface area contributed by atoms with Gasteiger partial charge in [0.05, 0.1) is 30.6 Å². The second kappa shape index (κ2) is 26.2. The van der Waals surface area contributed by atoms with Gasteiger partial charge in [-0.05, 0) is 70.8 Å². The molecule has 48 heavy (non-hydrogen) atoms. The molecule has 2 unspecified atom stereocenters. The van der Waals surface area contributed by atoms with Crippen molar-refractivity contribution >= 4 is 121 Å². The van der Waals surface area contributed by atoms with Crippen LogP contribution in [0.25, 0.3) is 0 Å². The third-order valence-corrected chi connectivity index (χ3v) is 8.80. The molecule has 0 radical (unpaired) electrons. The molecule has 0 saturated heterocycles. The third-order valence-electron chi connectivity index (χ3n) is 4.48. The van der Waals surface area contributed by atoms with Gasteiger partial charge in [-0.1, -0.05) is 103 Å². The molecule has 5 nitrogen and oxygen atoms in total. The van der Waals surface area contributed by atoms with Crippen molar-refractivity contribution in [1.82, 2.24) is 0 Å². The van der Waals surface area contributed by atoms with Crippen LogP contribution in [0.4, 0.5) is 0 Å². The van der Waals surface area contributed by atoms with E-state index in [2.05, 4.69) is 57.4 Å². The molecule has 0 fully saturated rings. The van der Waals surface area contributed by atoms with Gasteiger partial charge in [-0.3, -0.25) is 9.13 Å². The van der Waals surface area contributed by atoms with Crippen molar-refractivity contribution in [2.24, 2.45) is 0 Å². The number of rotatable bonds is 10. The van der Waals surface area contributed by atoms with Crippen molar-refractivity contribution < 1.29 is 24.1 Å². The van der Waals surface area contributed by atoms with E-state index in [0.717, 1.165) is 15.4 Å². The summed E-state index contributed by atoms with van der Waals surface area (Å²) in [5, 5.41) is 0. The van der Waals surface area contributed by atoms with Crippen molar-refractivity contribution in [1.29, 1.82) is 0 Å². The number of aryl methyl sites for hydroxylation is 1. The topological polar surface area (TPSA) is 61.8 Å². The van der Waals surface area contributed by atoms with E-state index < -0.39 is 17.7 Å². The Morgan fingerprint density at radius 2 is 0.958 bits per heavy atom. The molecule has 0 aliphatic rings. The van der Waals surface area contributed by atoms with E-state index in [1.807, 2.05) is 120 Å². The summed E-state index contributed by atoms with van der Waals surface area (Å²) in [6.45, 7) is 12.3. The van der Waals surface area contributed by atoms with E-state index in [4.69, 9.17) is 81.0 Å². The molecule has 2 atom stereocenters. The molecule has 0 spiro atoms. The molecule has 3 aromatic carbocycles. The van der Waals surface area contributed by atoms with Crippen LogP contribution in [0.1, 0.15) is 59.7 Å². The molecular weight excluding hydrogens is 927 g/mol. The average Bonchev–Trinajstić information content (AvgIpc) is 2.87. The summed E-state index contributed by atoms with van der Waals surface area (Å²) in [4.78, 5) is 0. The average molecular weight is 978 g/mol. The normalized spacial score (nSPS) is 13.1. The SMILES string of the molecule is CB(P)I.CC(C)OP(=O)(Cc1ccccc1)OC(C)C.CC(C)OP(=O)(Cl)Cc1ccccc1.Cc1ccccc1.ClP(Cl)(Cl)(Cl)Cl.[2HH]. The fourth-order valence-corrected chi connectivity index (χ4v) is 7.62. The summed E-state index contributed by atoms with van der Waals surface area (Å²) < 4.78 is 37.5. The first-order valence-corrected chi connectivity index (χ1v) is 27.9. The van der Waals surface area contributed by atoms with Crippen molar-refractivity contribution in [3.63, 3.8) is 0 Å². The largest absolute Gasteiger partial charge is 0 e. The number of benzene rings is 3. The monoisotopic (exact) mass is 975 g/mol. The minimum Gasteiger partial charge on any atom is 0 e. The Balaban J connectivity index is -0.000000589. The summed E-state index contributed by atoms with van der Waals surface area (Å²) >= 11 is 33.0. The maximum absolute atomic E-state index is 12.6. The van der Waals surface area contributed by atoms with Gasteiger partial charge in [0, 0.05) is 1.43 Å². The minimum atomic E-state index is -3.69. The molecule has 0 saturated carbocycles. The third kappa shape index (κ3) is 40.2. The molecule has 0 amide bonds. The molecular formula is C31H50BCl6IO5P4. The summed E-state index contributed by atoms with van der Waals surface area (Å²) in [5.74, 6) is 0. The van der Waals surface area contributed by atoms with Crippen LogP contribution in [0.15, 0.2) is 91.0 Å². The first-order chi connectivity index (χ1) is 21.8. The van der Waals surface area contributed by atoms with Crippen LogP contribution in [0.2, 0.25) is 6.82 Å². The van der Waals surface area contributed by atoms with Gasteiger partial charge in [-0.15, -0.1) is 22.4 Å². The van der Waals surface area contributed by atoms with Gasteiger partial charge in [-0.25, -0.2) is 0 Å². The van der Waals surface area contributed by atoms with E-state index in [1.54, 1.807) is 0 Å². The van der Waals surface area contributed by atoms with Crippen LogP contribution in [-0.2, 0) is 35.0 Å². The molecule has 17 heteroatoms. The molecule has 276 valence electrons. The van der Waals surface area contributed by atoms with Gasteiger partial charge < -0.3 is 13.6 Å². The van der Waals surface area contributed by atoms with E-state index in [0.29, 0.717) is 6.16 Å². The molecule has 0 aromatic heterocycles. The molecule has 0 aliphatic carbocycles. The molecule has 0 bridgehead atoms. The minimum absolute atomic E-state index is 0. The number of hydrogen-bond acceptors (Lipinski definition) is 5. The van der Waals surface area contributed by atoms with E-state index in [9.17, 15) is 9.13 Å². The Morgan fingerprint density at radius 1 is 0.688 bits per heavy atom. The van der Waals surface area contributed by atoms with Gasteiger partial charge in [0.2, 0.25) is 4.29 Å². The summed E-state index contributed by atoms with van der Waals surface area (Å²) in [6, 6.07) is 29.4. The standard InChI is InChI=1S/C13H21O3P.C10H14ClO2P.C7H8.CH5BIP.Cl5P.H2/c1-11(2)15-17(14,16-12(3)4)10-13-8-6-5-7-9-13;1-9(2)13-14(11,12)8-10-6-4-3-5-7-10;1-7-5-3-2-4-6-7;1-2(3)4;1-6(2,3,4)5;/h5-9,11-12H,10H2,1-4H3;3-7,9H,8H2,1-2H3;2-6H,1H3;4H2,1H3;;1H/i;;;;;1+1. The van der Waals surface area contributed by atoms with Gasteiger partial charge in [0.15, 0.2) is 0 Å². The zero-order valence-corrected chi connectivity index (χ0v) is 39.0. The molecule has 3 rings (SSSR count). The van der Waals surface area contributed by atoms with Crippen LogP contribution >= 0.6 is 117 Å². The zero-order valence-electron chi connectivity index (χ0n) is 28.5. The van der Waals surface area contributed by atoms with Crippen LogP contribution in [0.3, 0.4) is 0 Å². The Hall–Kier alpha value is 1.39. The van der Waals surface area contributed by atoms with Gasteiger partial charge in [0.1, 0.15) is 0 Å². The molecule has 3 aromatic rings. The zero-order chi connectivity index (χ0) is 37.6. The Labute approximate surface area is 335 Å². The van der Waals surface area contributed by atoms with Crippen molar-refractivity contribution in [2.75, 3.05) is 0 Å². The van der Waals surface area contributed by atoms with E-state index in [-0.39, 0.29) is 25.9 Å². The van der Waals surface area contributed by atoms with Crippen molar-refractivity contribution in [3.05, 3.63) is 108 Å². The summed E-state index contributed by atoms with van der Waals surface area (Å²) in [6.07, 6.45) is 0.284. The predicted octanol–water partition coefficient (Wildman–Crippen LogP) is 16.2. The first kappa shape index (κ1) is 51.5. The molecule has 0 heterocycles. The molecule has 0 aliphatic heterocycles. The molecule has 0 N–H and O–H groups in total. The van der Waals surface area contributed by atoms with Crippen LogP contribution in [0.5, 0.6) is 0 Å². The van der Waals surface area contributed by atoms with Crippen LogP contribution < -0.4 is 0 Å². The summed E-state index contributed by atoms with van der Waals surface area (Å²) in [7, 11) is -0.409. The summed E-state index contributed by atoms with van der Waals surface area (Å²) in [5.41, 5.74) is 3.23. The first-order valence-electron chi connectivity index (χ1n) is 14.8. The van der Waals surface area contributed by atoms with Gasteiger partial charge in [0.25, 0.3) is 6.72 Å². The quantitative estimate of drug-likeness (QED) is 0.115. The second-order valence-corrected chi connectivity index (χ2v) is 37.1. The number of halogens is 7. The van der Waals surface area contributed by atoms with Gasteiger partial charge >= 0.3 is 67.2 Å². The Bertz CT molecular complexity index is 1310. The second-order valence-electron chi connectivity index (χ2n) is 10.9. The maximum Gasteiger partial charge on any atom is 0 e. The predicted molar refractivity (Wildman–Crippen MR) is 235 cm³/mol. The van der Waals surface area contributed by atoms with Crippen molar-refractivity contribution in [2.45, 2.75) is 85.9 Å². The van der Waals surface area contributed by atoms with E-state index >= 15 is 0 Å². The Kier molecular flexibility index (Phi) is 28.1. The maximum atomic E-state index is 12.6. The van der Waals surface area contributed by atoms with E-state index in [1.165, 1.54) is 5.56 Å². The van der Waals surface area contributed by atoms with Crippen LogP contribution in [-0.4, -0.2) is 22.6 Å². The van der Waals surface area contributed by atoms with Crippen LogP contribution in [0, 0.1) is 6.92 Å². The number of hydrogen-bond donors (Lipinski definition) is 0. The fraction of sp³-hybridized carbons (Fsp3) is 0.419. The fourth-order valence-electron chi connectivity index (χ4n) is 3.24.